The van der Waals surface area contributed by atoms with Crippen LogP contribution < -0.4 is 0 Å². The van der Waals surface area contributed by atoms with Crippen LogP contribution in [0.5, 0.6) is 0 Å². The van der Waals surface area contributed by atoms with Gasteiger partial charge >= 0.3 is 0 Å². The van der Waals surface area contributed by atoms with E-state index in [0.29, 0.717) is 0 Å². The van der Waals surface area contributed by atoms with Gasteiger partial charge in [0.25, 0.3) is 0 Å². The van der Waals surface area contributed by atoms with Gasteiger partial charge in [-0.1, -0.05) is 24.6 Å². The van der Waals surface area contributed by atoms with Crippen LogP contribution in [0.25, 0.3) is 0 Å². The number of aromatic amines is 1. The van der Waals surface area contributed by atoms with E-state index in [2.05, 4.69) is 42.0 Å². The summed E-state index contributed by atoms with van der Waals surface area (Å²) in [6, 6.07) is 6.57. The first-order valence-corrected chi connectivity index (χ1v) is 6.80. The highest BCUT2D eigenvalue weighted by Gasteiger charge is 2.02. The molecule has 0 saturated carbocycles. The van der Waals surface area contributed by atoms with Crippen LogP contribution in [0.4, 0.5) is 0 Å². The van der Waals surface area contributed by atoms with Gasteiger partial charge in [-0.15, -0.1) is 0 Å². The molecule has 0 radical (unpaired) electrons. The molecule has 0 aliphatic heterocycles. The Kier molecular flexibility index (Phi) is 4.57. The highest BCUT2D eigenvalue weighted by molar-refractivity contribution is 5.33. The van der Waals surface area contributed by atoms with Crippen LogP contribution in [0.1, 0.15) is 41.6 Å². The zero-order valence-electron chi connectivity index (χ0n) is 11.4. The van der Waals surface area contributed by atoms with E-state index in [4.69, 9.17) is 0 Å². The molecule has 0 unspecified atom stereocenters. The lowest BCUT2D eigenvalue weighted by molar-refractivity contribution is 0.670. The quantitative estimate of drug-likeness (QED) is 0.762. The zero-order chi connectivity index (χ0) is 12.8. The van der Waals surface area contributed by atoms with Crippen molar-refractivity contribution in [3.8, 4) is 0 Å². The van der Waals surface area contributed by atoms with Crippen molar-refractivity contribution in [2.24, 2.45) is 0 Å². The van der Waals surface area contributed by atoms with Crippen molar-refractivity contribution < 1.29 is 0 Å². The summed E-state index contributed by atoms with van der Waals surface area (Å²) in [6.07, 6.45) is 9.83. The molecule has 1 heterocycles. The van der Waals surface area contributed by atoms with Gasteiger partial charge in [-0.2, -0.15) is 0 Å². The number of unbranched alkanes of at least 4 members (excludes halogenated alkanes) is 2. The maximum atomic E-state index is 4.24. The zero-order valence-corrected chi connectivity index (χ0v) is 11.4. The summed E-state index contributed by atoms with van der Waals surface area (Å²) in [5.74, 6) is 0. The van der Waals surface area contributed by atoms with E-state index in [9.17, 15) is 0 Å². The van der Waals surface area contributed by atoms with Crippen LogP contribution in [-0.2, 0) is 12.8 Å². The van der Waals surface area contributed by atoms with Gasteiger partial charge in [0.2, 0.25) is 0 Å². The molecule has 0 bridgehead atoms. The molecule has 0 fully saturated rings. The first-order chi connectivity index (χ1) is 8.77. The number of nitrogens with one attached hydrogen (secondary N) is 1. The summed E-state index contributed by atoms with van der Waals surface area (Å²) in [4.78, 5) is 7.25. The molecule has 0 amide bonds. The molecule has 1 aromatic carbocycles. The Morgan fingerprint density at radius 3 is 2.39 bits per heavy atom. The largest absolute Gasteiger partial charge is 0.351 e. The van der Waals surface area contributed by atoms with E-state index < -0.39 is 0 Å². The van der Waals surface area contributed by atoms with Crippen molar-refractivity contribution in [2.75, 3.05) is 0 Å². The Morgan fingerprint density at radius 1 is 1.00 bits per heavy atom. The number of hydrogen-bond acceptors (Lipinski definition) is 1. The van der Waals surface area contributed by atoms with Crippen molar-refractivity contribution in [1.29, 1.82) is 0 Å². The second kappa shape index (κ2) is 6.39. The van der Waals surface area contributed by atoms with E-state index in [1.807, 2.05) is 6.20 Å². The first kappa shape index (κ1) is 12.9. The van der Waals surface area contributed by atoms with Crippen LogP contribution >= 0.6 is 0 Å². The Balaban J connectivity index is 1.72. The third-order valence-corrected chi connectivity index (χ3v) is 3.56. The van der Waals surface area contributed by atoms with Crippen molar-refractivity contribution in [2.45, 2.75) is 46.0 Å². The molecule has 2 nitrogen and oxygen atoms in total. The molecule has 0 saturated heterocycles. The fraction of sp³-hybridized carbons (Fsp3) is 0.438. The van der Waals surface area contributed by atoms with Gasteiger partial charge in [0.15, 0.2) is 0 Å². The summed E-state index contributed by atoms with van der Waals surface area (Å²) < 4.78 is 0. The fourth-order valence-electron chi connectivity index (χ4n) is 2.46. The number of rotatable bonds is 6. The number of imidazole rings is 1. The monoisotopic (exact) mass is 242 g/mol. The van der Waals surface area contributed by atoms with Crippen LogP contribution in [0.2, 0.25) is 0 Å². The van der Waals surface area contributed by atoms with Gasteiger partial charge in [-0.25, -0.2) is 4.98 Å². The predicted octanol–water partition coefficient (Wildman–Crippen LogP) is 3.98. The molecular weight excluding hydrogens is 220 g/mol. The van der Waals surface area contributed by atoms with Gasteiger partial charge in [0, 0.05) is 6.20 Å². The maximum Gasteiger partial charge on any atom is 0.0923 e. The molecule has 96 valence electrons. The fourth-order valence-corrected chi connectivity index (χ4v) is 2.46. The summed E-state index contributed by atoms with van der Waals surface area (Å²) >= 11 is 0. The Labute approximate surface area is 109 Å². The average Bonchev–Trinajstić information content (AvgIpc) is 2.85. The molecule has 0 aliphatic rings. The minimum Gasteiger partial charge on any atom is -0.351 e. The number of aryl methyl sites for hydroxylation is 3. The second-order valence-electron chi connectivity index (χ2n) is 4.99. The molecule has 18 heavy (non-hydrogen) atoms. The highest BCUT2D eigenvalue weighted by atomic mass is 14.9. The van der Waals surface area contributed by atoms with Crippen molar-refractivity contribution in [3.05, 3.63) is 53.1 Å². The Bertz CT molecular complexity index is 452. The predicted molar refractivity (Wildman–Crippen MR) is 75.8 cm³/mol. The number of benzene rings is 1. The van der Waals surface area contributed by atoms with E-state index in [-0.39, 0.29) is 0 Å². The van der Waals surface area contributed by atoms with E-state index >= 15 is 0 Å². The lowest BCUT2D eigenvalue weighted by Crippen LogP contribution is -1.94. The van der Waals surface area contributed by atoms with Gasteiger partial charge < -0.3 is 4.98 Å². The molecule has 1 N–H and O–H groups in total. The molecule has 2 heteroatoms. The molecule has 2 aromatic rings. The number of aromatic nitrogens is 2. The molecule has 1 aromatic heterocycles. The van der Waals surface area contributed by atoms with Crippen LogP contribution in [0.3, 0.4) is 0 Å². The number of H-pyrrole nitrogens is 1. The third-order valence-electron chi connectivity index (χ3n) is 3.56. The number of nitrogens with zero attached hydrogens (tertiary/aromatic N) is 1. The summed E-state index contributed by atoms with van der Waals surface area (Å²) in [6.45, 7) is 4.43. The van der Waals surface area contributed by atoms with Gasteiger partial charge in [-0.05, 0) is 56.2 Å². The van der Waals surface area contributed by atoms with Crippen LogP contribution in [0, 0.1) is 13.8 Å². The molecule has 0 aliphatic carbocycles. The highest BCUT2D eigenvalue weighted by Crippen LogP contribution is 2.16. The minimum atomic E-state index is 1.09. The third kappa shape index (κ3) is 3.46. The van der Waals surface area contributed by atoms with Gasteiger partial charge in [0.05, 0.1) is 12.0 Å². The summed E-state index contributed by atoms with van der Waals surface area (Å²) in [7, 11) is 0. The lowest BCUT2D eigenvalue weighted by atomic mass is 9.97. The van der Waals surface area contributed by atoms with Crippen molar-refractivity contribution in [1.82, 2.24) is 9.97 Å². The summed E-state index contributed by atoms with van der Waals surface area (Å²) in [5.41, 5.74) is 5.59. The van der Waals surface area contributed by atoms with Crippen molar-refractivity contribution in [3.63, 3.8) is 0 Å². The standard InChI is InChI=1S/C16H22N2/c1-13-7-6-8-14(2)16(13)10-5-3-4-9-15-11-17-12-18-15/h6-8,11-12H,3-5,9-10H2,1-2H3,(H,17,18). The maximum absolute atomic E-state index is 4.24. The minimum absolute atomic E-state index is 1.09. The van der Waals surface area contributed by atoms with Crippen molar-refractivity contribution >= 4 is 0 Å². The molecular formula is C16H22N2. The summed E-state index contributed by atoms with van der Waals surface area (Å²) in [5, 5.41) is 0. The first-order valence-electron chi connectivity index (χ1n) is 6.80. The smallest absolute Gasteiger partial charge is 0.0923 e. The van der Waals surface area contributed by atoms with E-state index in [1.165, 1.54) is 48.1 Å². The topological polar surface area (TPSA) is 28.7 Å². The van der Waals surface area contributed by atoms with Gasteiger partial charge in [0.1, 0.15) is 0 Å². The normalized spacial score (nSPS) is 10.8. The lowest BCUT2D eigenvalue weighted by Gasteiger charge is -2.09. The van der Waals surface area contributed by atoms with Gasteiger partial charge in [-0.3, -0.25) is 0 Å². The molecule has 2 rings (SSSR count). The molecule has 0 spiro atoms. The van der Waals surface area contributed by atoms with E-state index in [1.54, 1.807) is 6.33 Å². The Morgan fingerprint density at radius 2 is 1.72 bits per heavy atom. The SMILES string of the molecule is Cc1cccc(C)c1CCCCCc1c[nH]cn1. The number of hydrogen-bond donors (Lipinski definition) is 1. The second-order valence-corrected chi connectivity index (χ2v) is 4.99. The average molecular weight is 242 g/mol. The Hall–Kier alpha value is -1.57. The van der Waals surface area contributed by atoms with E-state index in [0.717, 1.165) is 6.42 Å². The van der Waals surface area contributed by atoms with Crippen LogP contribution in [-0.4, -0.2) is 9.97 Å². The molecule has 0 atom stereocenters. The van der Waals surface area contributed by atoms with Crippen LogP contribution in [0.15, 0.2) is 30.7 Å².